The molecule has 0 unspecified atom stereocenters. The van der Waals surface area contributed by atoms with E-state index < -0.39 is 0 Å². The Balaban J connectivity index is 1.27. The fourth-order valence-corrected chi connectivity index (χ4v) is 5.74. The second kappa shape index (κ2) is 11.0. The Hall–Kier alpha value is -6.00. The van der Waals surface area contributed by atoms with Crippen LogP contribution in [0.4, 0.5) is 0 Å². The van der Waals surface area contributed by atoms with E-state index in [1.54, 1.807) is 0 Å². The number of hydrogen-bond donors (Lipinski definition) is 0. The quantitative estimate of drug-likeness (QED) is 0.196. The van der Waals surface area contributed by atoms with Crippen LogP contribution in [-0.4, -0.2) is 19.9 Å². The Bertz CT molecular complexity index is 2260. The summed E-state index contributed by atoms with van der Waals surface area (Å²) >= 11 is 0. The fraction of sp³-hybridized carbons (Fsp3) is 0. The molecule has 3 heterocycles. The van der Waals surface area contributed by atoms with Gasteiger partial charge in [0, 0.05) is 33.7 Å². The van der Waals surface area contributed by atoms with E-state index in [0.717, 1.165) is 61.1 Å². The first-order valence-corrected chi connectivity index (χ1v) is 14.6. The third-order valence-corrected chi connectivity index (χ3v) is 7.95. The number of pyridine rings is 2. The maximum atomic E-state index is 5.08. The Kier molecular flexibility index (Phi) is 6.43. The number of para-hydroxylation sites is 1. The van der Waals surface area contributed by atoms with Crippen molar-refractivity contribution in [3.8, 4) is 56.4 Å². The lowest BCUT2D eigenvalue weighted by Crippen LogP contribution is -1.97. The number of nitrogens with zero attached hydrogens (tertiary/aromatic N) is 4. The summed E-state index contributed by atoms with van der Waals surface area (Å²) in [5.41, 5.74) is 9.60. The molecule has 206 valence electrons. The van der Waals surface area contributed by atoms with Crippen LogP contribution in [0.2, 0.25) is 0 Å². The molecule has 4 heteroatoms. The summed E-state index contributed by atoms with van der Waals surface area (Å²) in [5.74, 6) is 0.679. The van der Waals surface area contributed by atoms with E-state index in [1.807, 2.05) is 54.7 Å². The lowest BCUT2D eigenvalue weighted by molar-refractivity contribution is 1.18. The molecule has 0 N–H and O–H groups in total. The smallest absolute Gasteiger partial charge is 0.160 e. The maximum Gasteiger partial charge on any atom is 0.160 e. The molecule has 0 radical (unpaired) electrons. The SMILES string of the molecule is c1ccc(-c2ccc(-c3cc(-c4ccnc(-c5nc6ccccc6c6ccccc56)c4)nc(-c4ccccc4)n3)cc2)cc1. The van der Waals surface area contributed by atoms with Crippen LogP contribution in [0.15, 0.2) is 158 Å². The summed E-state index contributed by atoms with van der Waals surface area (Å²) in [4.78, 5) is 19.9. The highest BCUT2D eigenvalue weighted by Crippen LogP contribution is 2.34. The van der Waals surface area contributed by atoms with Gasteiger partial charge in [-0.05, 0) is 40.8 Å². The monoisotopic (exact) mass is 562 g/mol. The number of aromatic nitrogens is 4. The van der Waals surface area contributed by atoms with Gasteiger partial charge in [-0.1, -0.05) is 127 Å². The Labute approximate surface area is 255 Å². The van der Waals surface area contributed by atoms with Gasteiger partial charge in [-0.25, -0.2) is 15.0 Å². The van der Waals surface area contributed by atoms with Gasteiger partial charge in [-0.15, -0.1) is 0 Å². The molecule has 5 aromatic carbocycles. The second-order valence-electron chi connectivity index (χ2n) is 10.7. The average molecular weight is 563 g/mol. The van der Waals surface area contributed by atoms with E-state index in [1.165, 1.54) is 11.1 Å². The Morgan fingerprint density at radius 1 is 0.341 bits per heavy atom. The third-order valence-electron chi connectivity index (χ3n) is 7.95. The van der Waals surface area contributed by atoms with E-state index in [9.17, 15) is 0 Å². The van der Waals surface area contributed by atoms with Crippen molar-refractivity contribution < 1.29 is 0 Å². The van der Waals surface area contributed by atoms with Crippen molar-refractivity contribution in [2.75, 3.05) is 0 Å². The summed E-state index contributed by atoms with van der Waals surface area (Å²) in [5, 5.41) is 3.37. The summed E-state index contributed by atoms with van der Waals surface area (Å²) in [6, 6.07) is 51.9. The van der Waals surface area contributed by atoms with E-state index in [2.05, 4.69) is 103 Å². The van der Waals surface area contributed by atoms with Gasteiger partial charge in [0.25, 0.3) is 0 Å². The Morgan fingerprint density at radius 3 is 1.66 bits per heavy atom. The van der Waals surface area contributed by atoms with Gasteiger partial charge in [-0.3, -0.25) is 4.98 Å². The molecule has 4 nitrogen and oxygen atoms in total. The average Bonchev–Trinajstić information content (AvgIpc) is 3.12. The molecule has 0 atom stereocenters. The van der Waals surface area contributed by atoms with Gasteiger partial charge >= 0.3 is 0 Å². The fourth-order valence-electron chi connectivity index (χ4n) is 5.74. The molecule has 0 aliphatic heterocycles. The molecule has 3 aromatic heterocycles. The first-order chi connectivity index (χ1) is 21.8. The van der Waals surface area contributed by atoms with Crippen LogP contribution in [0.25, 0.3) is 78.1 Å². The number of fused-ring (bicyclic) bond motifs is 3. The van der Waals surface area contributed by atoms with Crippen molar-refractivity contribution in [1.82, 2.24) is 19.9 Å². The van der Waals surface area contributed by atoms with Crippen LogP contribution in [0, 0.1) is 0 Å². The first kappa shape index (κ1) is 25.7. The van der Waals surface area contributed by atoms with Crippen LogP contribution in [0.1, 0.15) is 0 Å². The normalized spacial score (nSPS) is 11.2. The van der Waals surface area contributed by atoms with Gasteiger partial charge in [0.05, 0.1) is 28.3 Å². The van der Waals surface area contributed by atoms with E-state index in [0.29, 0.717) is 5.82 Å². The third kappa shape index (κ3) is 4.79. The lowest BCUT2D eigenvalue weighted by Gasteiger charge is -2.12. The van der Waals surface area contributed by atoms with Gasteiger partial charge in [-0.2, -0.15) is 0 Å². The van der Waals surface area contributed by atoms with Gasteiger partial charge in [0.1, 0.15) is 0 Å². The number of hydrogen-bond acceptors (Lipinski definition) is 4. The lowest BCUT2D eigenvalue weighted by atomic mass is 10.0. The summed E-state index contributed by atoms with van der Waals surface area (Å²) < 4.78 is 0. The standard InChI is InChI=1S/C40H26N4/c1-3-11-27(12-4-1)28-19-21-29(22-20-28)36-26-37(44-40(43-36)30-13-5-2-6-14-30)31-23-24-41-38(25-31)39-34-17-8-7-15-32(34)33-16-9-10-18-35(33)42-39/h1-26H. The van der Waals surface area contributed by atoms with Crippen molar-refractivity contribution in [3.63, 3.8) is 0 Å². The highest BCUT2D eigenvalue weighted by atomic mass is 14.9. The van der Waals surface area contributed by atoms with Gasteiger partial charge in [0.15, 0.2) is 5.82 Å². The predicted molar refractivity (Wildman–Crippen MR) is 180 cm³/mol. The van der Waals surface area contributed by atoms with Crippen molar-refractivity contribution in [1.29, 1.82) is 0 Å². The van der Waals surface area contributed by atoms with Crippen LogP contribution >= 0.6 is 0 Å². The molecule has 8 rings (SSSR count). The summed E-state index contributed by atoms with van der Waals surface area (Å²) in [7, 11) is 0. The van der Waals surface area contributed by atoms with E-state index in [-0.39, 0.29) is 0 Å². The van der Waals surface area contributed by atoms with E-state index >= 15 is 0 Å². The summed E-state index contributed by atoms with van der Waals surface area (Å²) in [6.45, 7) is 0. The Morgan fingerprint density at radius 2 is 0.909 bits per heavy atom. The van der Waals surface area contributed by atoms with Crippen molar-refractivity contribution in [3.05, 3.63) is 158 Å². The van der Waals surface area contributed by atoms with Crippen molar-refractivity contribution in [2.45, 2.75) is 0 Å². The molecule has 0 aliphatic rings. The summed E-state index contributed by atoms with van der Waals surface area (Å²) in [6.07, 6.45) is 1.84. The van der Waals surface area contributed by atoms with Gasteiger partial charge in [0.2, 0.25) is 0 Å². The molecule has 44 heavy (non-hydrogen) atoms. The van der Waals surface area contributed by atoms with Crippen molar-refractivity contribution in [2.24, 2.45) is 0 Å². The number of rotatable bonds is 5. The molecule has 0 amide bonds. The highest BCUT2D eigenvalue weighted by Gasteiger charge is 2.15. The van der Waals surface area contributed by atoms with Crippen LogP contribution in [-0.2, 0) is 0 Å². The van der Waals surface area contributed by atoms with Crippen LogP contribution in [0.3, 0.4) is 0 Å². The molecular formula is C40H26N4. The molecular weight excluding hydrogens is 536 g/mol. The molecule has 0 saturated heterocycles. The van der Waals surface area contributed by atoms with E-state index in [4.69, 9.17) is 19.9 Å². The number of benzene rings is 5. The largest absolute Gasteiger partial charge is 0.255 e. The zero-order valence-corrected chi connectivity index (χ0v) is 23.8. The predicted octanol–water partition coefficient (Wildman–Crippen LogP) is 9.91. The van der Waals surface area contributed by atoms with Gasteiger partial charge < -0.3 is 0 Å². The topological polar surface area (TPSA) is 51.6 Å². The first-order valence-electron chi connectivity index (χ1n) is 14.6. The highest BCUT2D eigenvalue weighted by molar-refractivity contribution is 6.10. The van der Waals surface area contributed by atoms with Crippen LogP contribution in [0.5, 0.6) is 0 Å². The minimum Gasteiger partial charge on any atom is -0.255 e. The molecule has 0 spiro atoms. The van der Waals surface area contributed by atoms with Crippen molar-refractivity contribution >= 4 is 21.7 Å². The molecule has 0 aliphatic carbocycles. The van der Waals surface area contributed by atoms with Crippen LogP contribution < -0.4 is 0 Å². The molecule has 0 bridgehead atoms. The second-order valence-corrected chi connectivity index (χ2v) is 10.7. The maximum absolute atomic E-state index is 5.08. The molecule has 0 fully saturated rings. The zero-order valence-electron chi connectivity index (χ0n) is 23.8. The molecule has 8 aromatic rings. The molecule has 0 saturated carbocycles. The zero-order chi connectivity index (χ0) is 29.3. The minimum absolute atomic E-state index is 0.679. The minimum atomic E-state index is 0.679.